The molecule has 0 aliphatic carbocycles. The van der Waals surface area contributed by atoms with Crippen molar-refractivity contribution in [2.45, 2.75) is 433 Å². The lowest BCUT2D eigenvalue weighted by atomic mass is 10.0. The number of aliphatic hydroxyl groups excluding tert-OH is 1. The molecule has 0 rings (SSSR count). The first-order valence-electron chi connectivity index (χ1n) is 41.3. The number of phosphoric ester groups is 2. The summed E-state index contributed by atoms with van der Waals surface area (Å²) < 4.78 is 68.7. The molecule has 0 aliphatic rings. The van der Waals surface area contributed by atoms with Gasteiger partial charge in [0.15, 0.2) is 12.2 Å². The third-order valence-electron chi connectivity index (χ3n) is 18.6. The molecule has 0 bridgehead atoms. The molecule has 0 heterocycles. The van der Waals surface area contributed by atoms with Crippen LogP contribution in [-0.2, 0) is 65.4 Å². The molecule has 0 saturated carbocycles. The Balaban J connectivity index is 5.26. The first-order chi connectivity index (χ1) is 47.7. The van der Waals surface area contributed by atoms with Gasteiger partial charge in [0.05, 0.1) is 26.4 Å². The van der Waals surface area contributed by atoms with Crippen molar-refractivity contribution in [2.75, 3.05) is 39.6 Å². The predicted molar refractivity (Wildman–Crippen MR) is 405 cm³/mol. The molecule has 0 saturated heterocycles. The molecule has 17 nitrogen and oxygen atoms in total. The molecule has 3 N–H and O–H groups in total. The quantitative estimate of drug-likeness (QED) is 0.0222. The number of unbranched alkanes of at least 4 members (excludes halogenated alkanes) is 46. The lowest BCUT2D eigenvalue weighted by Crippen LogP contribution is -2.30. The number of ether oxygens (including phenoxy) is 4. The summed E-state index contributed by atoms with van der Waals surface area (Å²) in [6, 6.07) is 0. The van der Waals surface area contributed by atoms with Crippen LogP contribution in [0.2, 0.25) is 0 Å². The second-order valence-electron chi connectivity index (χ2n) is 30.2. The number of rotatable bonds is 78. The summed E-state index contributed by atoms with van der Waals surface area (Å²) in [5, 5.41) is 10.6. The summed E-state index contributed by atoms with van der Waals surface area (Å²) in [5.74, 6) is 0.222. The molecule has 0 aliphatic heterocycles. The van der Waals surface area contributed by atoms with Crippen LogP contribution in [0.3, 0.4) is 0 Å². The van der Waals surface area contributed by atoms with E-state index in [9.17, 15) is 43.2 Å². The molecule has 0 spiro atoms. The third-order valence-corrected chi connectivity index (χ3v) is 20.5. The topological polar surface area (TPSA) is 237 Å². The first kappa shape index (κ1) is 97.1. The first-order valence-corrected chi connectivity index (χ1v) is 44.3. The largest absolute Gasteiger partial charge is 0.472 e. The molecule has 99 heavy (non-hydrogen) atoms. The summed E-state index contributed by atoms with van der Waals surface area (Å²) >= 11 is 0. The van der Waals surface area contributed by atoms with Gasteiger partial charge in [0.2, 0.25) is 0 Å². The van der Waals surface area contributed by atoms with Crippen LogP contribution in [0.15, 0.2) is 0 Å². The molecule has 0 radical (unpaired) electrons. The lowest BCUT2D eigenvalue weighted by molar-refractivity contribution is -0.161. The highest BCUT2D eigenvalue weighted by Gasteiger charge is 2.30. The van der Waals surface area contributed by atoms with Gasteiger partial charge in [-0.1, -0.05) is 363 Å². The highest BCUT2D eigenvalue weighted by atomic mass is 31.2. The van der Waals surface area contributed by atoms with Crippen molar-refractivity contribution in [2.24, 2.45) is 17.8 Å². The van der Waals surface area contributed by atoms with Gasteiger partial charge in [-0.25, -0.2) is 9.13 Å². The Hall–Kier alpha value is -1.94. The van der Waals surface area contributed by atoms with E-state index in [4.69, 9.17) is 37.0 Å². The summed E-state index contributed by atoms with van der Waals surface area (Å²) in [6.45, 7) is 12.0. The van der Waals surface area contributed by atoms with Crippen molar-refractivity contribution in [1.29, 1.82) is 0 Å². The van der Waals surface area contributed by atoms with Crippen LogP contribution in [0.4, 0.5) is 0 Å². The minimum atomic E-state index is -4.96. The molecular weight excluding hydrogens is 1290 g/mol. The fraction of sp³-hybridized carbons (Fsp3) is 0.950. The maximum absolute atomic E-state index is 13.1. The summed E-state index contributed by atoms with van der Waals surface area (Å²) in [6.07, 6.45) is 58.2. The van der Waals surface area contributed by atoms with Crippen LogP contribution >= 0.6 is 15.6 Å². The van der Waals surface area contributed by atoms with Crippen molar-refractivity contribution in [3.63, 3.8) is 0 Å². The van der Waals surface area contributed by atoms with Gasteiger partial charge in [0.25, 0.3) is 0 Å². The van der Waals surface area contributed by atoms with Crippen LogP contribution in [-0.4, -0.2) is 96.7 Å². The van der Waals surface area contributed by atoms with E-state index in [1.54, 1.807) is 0 Å². The molecule has 0 aromatic heterocycles. The Kier molecular flexibility index (Phi) is 69.0. The number of aliphatic hydroxyl groups is 1. The number of hydrogen-bond donors (Lipinski definition) is 3. The Morgan fingerprint density at radius 2 is 0.465 bits per heavy atom. The van der Waals surface area contributed by atoms with Crippen LogP contribution < -0.4 is 0 Å². The van der Waals surface area contributed by atoms with Crippen molar-refractivity contribution >= 4 is 39.5 Å². The Labute approximate surface area is 607 Å². The van der Waals surface area contributed by atoms with Gasteiger partial charge in [-0.2, -0.15) is 0 Å². The summed E-state index contributed by atoms with van der Waals surface area (Å²) in [4.78, 5) is 73.0. The summed E-state index contributed by atoms with van der Waals surface area (Å²) in [5.41, 5.74) is 0. The van der Waals surface area contributed by atoms with Crippen molar-refractivity contribution < 1.29 is 80.2 Å². The van der Waals surface area contributed by atoms with E-state index in [2.05, 4.69) is 48.5 Å². The Morgan fingerprint density at radius 1 is 0.273 bits per heavy atom. The van der Waals surface area contributed by atoms with Gasteiger partial charge in [0.1, 0.15) is 19.3 Å². The Morgan fingerprint density at radius 3 is 0.687 bits per heavy atom. The average Bonchev–Trinajstić information content (AvgIpc) is 0.996. The fourth-order valence-electron chi connectivity index (χ4n) is 12.3. The van der Waals surface area contributed by atoms with E-state index >= 15 is 0 Å². The van der Waals surface area contributed by atoms with Crippen LogP contribution in [0.1, 0.15) is 414 Å². The van der Waals surface area contributed by atoms with Gasteiger partial charge in [-0.05, 0) is 43.4 Å². The van der Waals surface area contributed by atoms with Gasteiger partial charge >= 0.3 is 39.5 Å². The molecule has 588 valence electrons. The minimum Gasteiger partial charge on any atom is -0.462 e. The molecular formula is C80H156O17P2. The smallest absolute Gasteiger partial charge is 0.462 e. The Bertz CT molecular complexity index is 1920. The van der Waals surface area contributed by atoms with Crippen molar-refractivity contribution in [1.82, 2.24) is 0 Å². The number of carbonyl (C=O) groups excluding carboxylic acids is 4. The van der Waals surface area contributed by atoms with Crippen LogP contribution in [0.5, 0.6) is 0 Å². The van der Waals surface area contributed by atoms with E-state index < -0.39 is 97.5 Å². The van der Waals surface area contributed by atoms with E-state index in [0.717, 1.165) is 108 Å². The van der Waals surface area contributed by atoms with Crippen molar-refractivity contribution in [3.8, 4) is 0 Å². The number of hydrogen-bond acceptors (Lipinski definition) is 15. The third kappa shape index (κ3) is 74.1. The maximum atomic E-state index is 13.1. The average molecular weight is 1450 g/mol. The SMILES string of the molecule is CCCCCCCCCCCCCCCC(=O)OC[C@H](COP(=O)(O)OC[C@H](O)COP(=O)(O)OC[C@@H](COC(=O)CCCCCCCCCCCCCC(C)C)OC(=O)CCCCCCCCCCCCCCCCCCC(C)C)OC(=O)CCCCCCCCCCCCC(C)C. The molecule has 0 amide bonds. The molecule has 0 fully saturated rings. The summed E-state index contributed by atoms with van der Waals surface area (Å²) in [7, 11) is -9.92. The van der Waals surface area contributed by atoms with Gasteiger partial charge < -0.3 is 33.8 Å². The monoisotopic (exact) mass is 1450 g/mol. The number of carbonyl (C=O) groups is 4. The predicted octanol–water partition coefficient (Wildman–Crippen LogP) is 23.7. The zero-order valence-electron chi connectivity index (χ0n) is 65.0. The number of esters is 4. The van der Waals surface area contributed by atoms with Crippen molar-refractivity contribution in [3.05, 3.63) is 0 Å². The highest BCUT2D eigenvalue weighted by molar-refractivity contribution is 7.47. The highest BCUT2D eigenvalue weighted by Crippen LogP contribution is 2.45. The second-order valence-corrected chi connectivity index (χ2v) is 33.1. The van der Waals surface area contributed by atoms with E-state index in [0.29, 0.717) is 25.7 Å². The molecule has 19 heteroatoms. The molecule has 0 aromatic rings. The van der Waals surface area contributed by atoms with Crippen LogP contribution in [0.25, 0.3) is 0 Å². The van der Waals surface area contributed by atoms with Crippen LogP contribution in [0, 0.1) is 17.8 Å². The maximum Gasteiger partial charge on any atom is 0.472 e. The zero-order chi connectivity index (χ0) is 73.0. The minimum absolute atomic E-state index is 0.106. The van der Waals surface area contributed by atoms with Gasteiger partial charge in [-0.15, -0.1) is 0 Å². The molecule has 0 aromatic carbocycles. The van der Waals surface area contributed by atoms with E-state index in [-0.39, 0.29) is 25.7 Å². The van der Waals surface area contributed by atoms with Gasteiger partial charge in [-0.3, -0.25) is 37.3 Å². The van der Waals surface area contributed by atoms with E-state index in [1.165, 1.54) is 225 Å². The lowest BCUT2D eigenvalue weighted by Gasteiger charge is -2.21. The fourth-order valence-corrected chi connectivity index (χ4v) is 13.9. The second kappa shape index (κ2) is 70.4. The van der Waals surface area contributed by atoms with Gasteiger partial charge in [0, 0.05) is 25.7 Å². The molecule has 5 atom stereocenters. The normalized spacial score (nSPS) is 14.0. The van der Waals surface area contributed by atoms with E-state index in [1.807, 2.05) is 0 Å². The zero-order valence-corrected chi connectivity index (χ0v) is 66.8. The standard InChI is InChI=1S/C80H156O17P2/c1-8-9-10-11-12-13-14-19-25-33-40-47-54-61-77(82)90-68-76(97-80(85)64-57-50-43-36-29-28-32-39-46-53-60-73(6)7)70-95-99(88,89)93-66-74(81)65-92-98(86,87)94-69-75(67-91-78(83)62-55-48-41-34-27-22-24-31-38-45-52-59-72(4)5)96-79(84)63-56-49-42-35-26-21-18-16-15-17-20-23-30-37-44-51-58-71(2)3/h71-76,81H,8-70H2,1-7H3,(H,86,87)(H,88,89)/t74-,75-,76-/m1/s1. The molecule has 2 unspecified atom stereocenters. The number of phosphoric acid groups is 2.